The minimum absolute atomic E-state index is 0.251. The van der Waals surface area contributed by atoms with E-state index >= 15 is 0 Å². The van der Waals surface area contributed by atoms with Gasteiger partial charge in [0.25, 0.3) is 5.91 Å². The maximum Gasteiger partial charge on any atom is 0.255 e. The molecule has 0 aliphatic carbocycles. The number of hydrogen-bond acceptors (Lipinski definition) is 5. The minimum Gasteiger partial charge on any atom is -0.439 e. The molecular formula is C21H16FN5O2. The number of nitrogens with zero attached hydrogens (tertiary/aromatic N) is 4. The van der Waals surface area contributed by atoms with E-state index in [2.05, 4.69) is 20.4 Å². The summed E-state index contributed by atoms with van der Waals surface area (Å²) in [6.07, 6.45) is 4.81. The average molecular weight is 389 g/mol. The van der Waals surface area contributed by atoms with E-state index in [1.807, 2.05) is 0 Å². The third kappa shape index (κ3) is 4.27. The number of halogens is 1. The van der Waals surface area contributed by atoms with Crippen molar-refractivity contribution < 1.29 is 13.9 Å². The molecule has 0 saturated heterocycles. The summed E-state index contributed by atoms with van der Waals surface area (Å²) in [6.45, 7) is 1.64. The Morgan fingerprint density at radius 1 is 1.10 bits per heavy atom. The van der Waals surface area contributed by atoms with Gasteiger partial charge >= 0.3 is 0 Å². The molecule has 0 radical (unpaired) electrons. The van der Waals surface area contributed by atoms with E-state index in [1.54, 1.807) is 72.5 Å². The number of benzene rings is 2. The van der Waals surface area contributed by atoms with Gasteiger partial charge in [-0.1, -0.05) is 6.07 Å². The first-order valence-electron chi connectivity index (χ1n) is 8.76. The first-order chi connectivity index (χ1) is 14.1. The Morgan fingerprint density at radius 2 is 1.93 bits per heavy atom. The van der Waals surface area contributed by atoms with Crippen LogP contribution in [0.3, 0.4) is 0 Å². The first-order valence-corrected chi connectivity index (χ1v) is 8.76. The van der Waals surface area contributed by atoms with E-state index in [0.29, 0.717) is 28.7 Å². The van der Waals surface area contributed by atoms with Crippen LogP contribution in [0.4, 0.5) is 10.1 Å². The molecule has 0 atom stereocenters. The molecule has 2 aromatic carbocycles. The topological polar surface area (TPSA) is 81.9 Å². The molecule has 1 N–H and O–H groups in total. The second-order valence-corrected chi connectivity index (χ2v) is 6.21. The lowest BCUT2D eigenvalue weighted by molar-refractivity contribution is 0.102. The Kier molecular flexibility index (Phi) is 4.98. The van der Waals surface area contributed by atoms with Gasteiger partial charge in [-0.3, -0.25) is 4.79 Å². The number of aryl methyl sites for hydroxylation is 1. The van der Waals surface area contributed by atoms with Crippen molar-refractivity contribution in [2.24, 2.45) is 0 Å². The predicted octanol–water partition coefficient (Wildman–Crippen LogP) is 4.15. The molecule has 144 valence electrons. The number of rotatable bonds is 5. The summed E-state index contributed by atoms with van der Waals surface area (Å²) in [7, 11) is 0. The van der Waals surface area contributed by atoms with Crippen LogP contribution >= 0.6 is 0 Å². The molecule has 7 nitrogen and oxygen atoms in total. The molecule has 0 aliphatic heterocycles. The lowest BCUT2D eigenvalue weighted by Gasteiger charge is -2.09. The van der Waals surface area contributed by atoms with E-state index in [1.165, 1.54) is 12.4 Å². The molecule has 0 unspecified atom stereocenters. The third-order valence-electron chi connectivity index (χ3n) is 4.14. The molecular weight excluding hydrogens is 373 g/mol. The lowest BCUT2D eigenvalue weighted by Crippen LogP contribution is -2.12. The van der Waals surface area contributed by atoms with Crippen molar-refractivity contribution in [3.05, 3.63) is 90.3 Å². The fourth-order valence-corrected chi connectivity index (χ4v) is 2.58. The second kappa shape index (κ2) is 7.89. The van der Waals surface area contributed by atoms with Gasteiger partial charge in [-0.25, -0.2) is 19.0 Å². The number of carbonyl (C=O) groups is 1. The number of carbonyl (C=O) groups excluding carboxylic acids is 1. The monoisotopic (exact) mass is 389 g/mol. The highest BCUT2D eigenvalue weighted by atomic mass is 19.1. The molecule has 0 aliphatic rings. The first kappa shape index (κ1) is 18.3. The molecule has 0 bridgehead atoms. The van der Waals surface area contributed by atoms with Crippen molar-refractivity contribution in [3.63, 3.8) is 0 Å². The van der Waals surface area contributed by atoms with Crippen molar-refractivity contribution >= 4 is 11.6 Å². The molecule has 2 heterocycles. The zero-order valence-corrected chi connectivity index (χ0v) is 15.4. The van der Waals surface area contributed by atoms with Crippen molar-refractivity contribution in [1.82, 2.24) is 19.7 Å². The Hall–Kier alpha value is -4.07. The smallest absolute Gasteiger partial charge is 0.255 e. The molecule has 0 fully saturated rings. The maximum absolute atomic E-state index is 13.6. The highest BCUT2D eigenvalue weighted by molar-refractivity contribution is 6.04. The largest absolute Gasteiger partial charge is 0.439 e. The number of amides is 1. The summed E-state index contributed by atoms with van der Waals surface area (Å²) in [5, 5.41) is 6.84. The number of hydrogen-bond donors (Lipinski definition) is 1. The fraction of sp³-hybridized carbons (Fsp3) is 0.0476. The normalized spacial score (nSPS) is 10.6. The summed E-state index contributed by atoms with van der Waals surface area (Å²) in [5.74, 6) is 0.666. The summed E-state index contributed by atoms with van der Waals surface area (Å²) in [5.41, 5.74) is 1.30. The summed E-state index contributed by atoms with van der Waals surface area (Å²) < 4.78 is 21.0. The van der Waals surface area contributed by atoms with Crippen LogP contribution in [0, 0.1) is 12.7 Å². The highest BCUT2D eigenvalue weighted by Gasteiger charge is 2.09. The Labute approximate surface area is 165 Å². The average Bonchev–Trinajstić information content (AvgIpc) is 3.27. The Morgan fingerprint density at radius 3 is 2.66 bits per heavy atom. The van der Waals surface area contributed by atoms with E-state index in [-0.39, 0.29) is 5.56 Å². The highest BCUT2D eigenvalue weighted by Crippen LogP contribution is 2.22. The van der Waals surface area contributed by atoms with Gasteiger partial charge in [-0.15, -0.1) is 0 Å². The molecule has 29 heavy (non-hydrogen) atoms. The van der Waals surface area contributed by atoms with E-state index < -0.39 is 11.7 Å². The van der Waals surface area contributed by atoms with Crippen LogP contribution < -0.4 is 10.1 Å². The van der Waals surface area contributed by atoms with Crippen LogP contribution in [0.15, 0.2) is 73.3 Å². The number of aromatic nitrogens is 4. The zero-order valence-electron chi connectivity index (χ0n) is 15.4. The van der Waals surface area contributed by atoms with Crippen LogP contribution in [0.2, 0.25) is 0 Å². The van der Waals surface area contributed by atoms with Gasteiger partial charge in [0, 0.05) is 29.7 Å². The third-order valence-corrected chi connectivity index (χ3v) is 4.14. The number of ether oxygens (including phenoxy) is 1. The van der Waals surface area contributed by atoms with Gasteiger partial charge in [0.15, 0.2) is 5.82 Å². The van der Waals surface area contributed by atoms with Crippen molar-refractivity contribution in [2.45, 2.75) is 6.92 Å². The number of nitrogens with one attached hydrogen (secondary N) is 1. The second-order valence-electron chi connectivity index (χ2n) is 6.21. The van der Waals surface area contributed by atoms with Gasteiger partial charge in [0.2, 0.25) is 5.88 Å². The Bertz CT molecular complexity index is 1140. The van der Waals surface area contributed by atoms with Crippen molar-refractivity contribution in [1.29, 1.82) is 0 Å². The van der Waals surface area contributed by atoms with E-state index in [4.69, 9.17) is 4.74 Å². The quantitative estimate of drug-likeness (QED) is 0.554. The maximum atomic E-state index is 13.6. The van der Waals surface area contributed by atoms with Crippen LogP contribution in [0.5, 0.6) is 11.6 Å². The predicted molar refractivity (Wildman–Crippen MR) is 105 cm³/mol. The van der Waals surface area contributed by atoms with Gasteiger partial charge in [-0.2, -0.15) is 5.10 Å². The van der Waals surface area contributed by atoms with Gasteiger partial charge in [0.05, 0.1) is 0 Å². The summed E-state index contributed by atoms with van der Waals surface area (Å²) in [6, 6.07) is 14.6. The summed E-state index contributed by atoms with van der Waals surface area (Å²) in [4.78, 5) is 20.5. The van der Waals surface area contributed by atoms with Crippen LogP contribution in [0.25, 0.3) is 5.82 Å². The zero-order chi connectivity index (χ0) is 20.2. The van der Waals surface area contributed by atoms with Gasteiger partial charge < -0.3 is 10.1 Å². The van der Waals surface area contributed by atoms with Crippen LogP contribution in [0.1, 0.15) is 15.9 Å². The Balaban J connectivity index is 1.43. The van der Waals surface area contributed by atoms with Crippen LogP contribution in [-0.4, -0.2) is 25.7 Å². The van der Waals surface area contributed by atoms with Crippen LogP contribution in [-0.2, 0) is 0 Å². The molecule has 4 rings (SSSR count). The standard InChI is InChI=1S/C21H16FN5O2/c1-14-3-4-15(11-18(14)22)21(28)26-16-5-7-17(8-6-16)29-20-12-19(23-13-24-20)27-10-2-9-25-27/h2-13H,1H3,(H,26,28). The molecule has 8 heteroatoms. The SMILES string of the molecule is Cc1ccc(C(=O)Nc2ccc(Oc3cc(-n4cccn4)ncn3)cc2)cc1F. The summed E-state index contributed by atoms with van der Waals surface area (Å²) >= 11 is 0. The van der Waals surface area contributed by atoms with E-state index in [0.717, 1.165) is 0 Å². The fourth-order valence-electron chi connectivity index (χ4n) is 2.58. The van der Waals surface area contributed by atoms with Crippen molar-refractivity contribution in [2.75, 3.05) is 5.32 Å². The van der Waals surface area contributed by atoms with E-state index in [9.17, 15) is 9.18 Å². The molecule has 0 saturated carbocycles. The molecule has 0 spiro atoms. The molecule has 1 amide bonds. The number of anilines is 1. The molecule has 2 aromatic heterocycles. The lowest BCUT2D eigenvalue weighted by atomic mass is 10.1. The van der Waals surface area contributed by atoms with Gasteiger partial charge in [0.1, 0.15) is 17.9 Å². The molecule has 4 aromatic rings. The minimum atomic E-state index is -0.416. The van der Waals surface area contributed by atoms with Gasteiger partial charge in [-0.05, 0) is 55.0 Å². The van der Waals surface area contributed by atoms with Crippen molar-refractivity contribution in [3.8, 4) is 17.4 Å².